The highest BCUT2D eigenvalue weighted by atomic mass is 16.2. The number of carbonyl (C=O) groups excluding carboxylic acids is 1. The fourth-order valence-electron chi connectivity index (χ4n) is 7.21. The number of hydrogen-bond acceptors (Lipinski definition) is 4. The van der Waals surface area contributed by atoms with Crippen LogP contribution in [0.5, 0.6) is 0 Å². The van der Waals surface area contributed by atoms with Gasteiger partial charge in [-0.25, -0.2) is 14.3 Å². The summed E-state index contributed by atoms with van der Waals surface area (Å²) in [6.07, 6.45) is 10.1. The fourth-order valence-corrected chi connectivity index (χ4v) is 7.21. The lowest BCUT2D eigenvalue weighted by molar-refractivity contribution is -0.127. The lowest BCUT2D eigenvalue weighted by atomic mass is 9.47. The molecule has 162 valence electrons. The van der Waals surface area contributed by atoms with Crippen molar-refractivity contribution < 1.29 is 4.79 Å². The number of hydrogen-bond donors (Lipinski definition) is 1. The number of nitrogens with zero attached hydrogens (tertiary/aromatic N) is 4. The van der Waals surface area contributed by atoms with E-state index in [0.29, 0.717) is 11.2 Å². The van der Waals surface area contributed by atoms with Gasteiger partial charge in [-0.3, -0.25) is 14.2 Å². The molecule has 2 aromatic heterocycles. The van der Waals surface area contributed by atoms with Crippen LogP contribution in [0.4, 0.5) is 0 Å². The van der Waals surface area contributed by atoms with Crippen molar-refractivity contribution in [2.45, 2.75) is 64.5 Å². The third-order valence-electron chi connectivity index (χ3n) is 8.07. The molecular weight excluding hydrogens is 382 g/mol. The second kappa shape index (κ2) is 6.82. The second-order valence-corrected chi connectivity index (χ2v) is 10.1. The molecule has 4 saturated carbocycles. The highest BCUT2D eigenvalue weighted by Crippen LogP contribution is 2.61. The monoisotopic (exact) mass is 413 g/mol. The number of nitrogens with one attached hydrogen (secondary N) is 1. The van der Waals surface area contributed by atoms with E-state index in [9.17, 15) is 14.4 Å². The van der Waals surface area contributed by atoms with E-state index in [4.69, 9.17) is 0 Å². The van der Waals surface area contributed by atoms with Gasteiger partial charge < -0.3 is 9.88 Å². The number of aromatic nitrogens is 4. The first-order valence-electron chi connectivity index (χ1n) is 11.2. The van der Waals surface area contributed by atoms with Crippen molar-refractivity contribution >= 4 is 17.1 Å². The van der Waals surface area contributed by atoms with Crippen molar-refractivity contribution in [3.63, 3.8) is 0 Å². The minimum Gasteiger partial charge on any atom is -0.351 e. The Morgan fingerprint density at radius 3 is 2.33 bits per heavy atom. The first kappa shape index (κ1) is 19.6. The quantitative estimate of drug-likeness (QED) is 0.805. The highest BCUT2D eigenvalue weighted by Gasteiger charge is 2.54. The lowest BCUT2D eigenvalue weighted by Crippen LogP contribution is -2.57. The maximum Gasteiger partial charge on any atom is 0.332 e. The van der Waals surface area contributed by atoms with Crippen LogP contribution >= 0.6 is 0 Å². The maximum atomic E-state index is 13.0. The van der Waals surface area contributed by atoms with E-state index in [-0.39, 0.29) is 23.9 Å². The van der Waals surface area contributed by atoms with Gasteiger partial charge >= 0.3 is 5.69 Å². The Morgan fingerprint density at radius 1 is 1.17 bits per heavy atom. The zero-order valence-electron chi connectivity index (χ0n) is 18.1. The molecule has 0 aromatic carbocycles. The van der Waals surface area contributed by atoms with Crippen molar-refractivity contribution in [2.24, 2.45) is 37.3 Å². The molecule has 1 amide bonds. The molecule has 2 heterocycles. The molecule has 4 fully saturated rings. The topological polar surface area (TPSA) is 90.9 Å². The molecule has 8 heteroatoms. The van der Waals surface area contributed by atoms with E-state index in [1.165, 1.54) is 49.4 Å². The average Bonchev–Trinajstić information content (AvgIpc) is 3.08. The zero-order valence-corrected chi connectivity index (χ0v) is 18.1. The van der Waals surface area contributed by atoms with Gasteiger partial charge in [-0.15, -0.1) is 0 Å². The average molecular weight is 414 g/mol. The molecule has 4 bridgehead atoms. The van der Waals surface area contributed by atoms with Crippen LogP contribution in [0, 0.1) is 23.2 Å². The largest absolute Gasteiger partial charge is 0.351 e. The summed E-state index contributed by atoms with van der Waals surface area (Å²) in [6.45, 7) is 1.88. The molecule has 4 aliphatic carbocycles. The molecule has 0 saturated heterocycles. The minimum absolute atomic E-state index is 0.110. The Balaban J connectivity index is 1.40. The SMILES string of the molecule is CC[C@H](NC(=O)Cn1c(=O)c2c(ncn2C)n(C)c1=O)C12CC3CC(CC(C3)C1)C2. The Labute approximate surface area is 175 Å². The summed E-state index contributed by atoms with van der Waals surface area (Å²) in [7, 11) is 3.29. The minimum atomic E-state index is -0.510. The van der Waals surface area contributed by atoms with Gasteiger partial charge in [-0.05, 0) is 68.1 Å². The molecule has 30 heavy (non-hydrogen) atoms. The van der Waals surface area contributed by atoms with Crippen molar-refractivity contribution in [3.8, 4) is 0 Å². The van der Waals surface area contributed by atoms with E-state index in [2.05, 4.69) is 17.2 Å². The predicted octanol–water partition coefficient (Wildman–Crippen LogP) is 1.54. The van der Waals surface area contributed by atoms with Gasteiger partial charge in [0.25, 0.3) is 5.56 Å². The van der Waals surface area contributed by atoms with Crippen LogP contribution in [0.15, 0.2) is 15.9 Å². The molecule has 1 atom stereocenters. The number of fused-ring (bicyclic) bond motifs is 1. The molecular formula is C22H31N5O3. The summed E-state index contributed by atoms with van der Waals surface area (Å²) in [5, 5.41) is 3.23. The van der Waals surface area contributed by atoms with Crippen LogP contribution in [0.1, 0.15) is 51.9 Å². The summed E-state index contributed by atoms with van der Waals surface area (Å²) in [5.41, 5.74) is -0.112. The third kappa shape index (κ3) is 2.87. The van der Waals surface area contributed by atoms with Gasteiger partial charge in [-0.2, -0.15) is 0 Å². The van der Waals surface area contributed by atoms with Crippen molar-refractivity contribution in [1.29, 1.82) is 0 Å². The summed E-state index contributed by atoms with van der Waals surface area (Å²) >= 11 is 0. The fraction of sp³-hybridized carbons (Fsp3) is 0.727. The van der Waals surface area contributed by atoms with E-state index in [0.717, 1.165) is 28.7 Å². The predicted molar refractivity (Wildman–Crippen MR) is 113 cm³/mol. The number of amides is 1. The molecule has 2 aromatic rings. The number of aryl methyl sites for hydroxylation is 2. The van der Waals surface area contributed by atoms with Gasteiger partial charge in [0.05, 0.1) is 6.33 Å². The second-order valence-electron chi connectivity index (χ2n) is 10.1. The van der Waals surface area contributed by atoms with Gasteiger partial charge in [0.2, 0.25) is 5.91 Å². The van der Waals surface area contributed by atoms with Gasteiger partial charge in [0.15, 0.2) is 11.2 Å². The van der Waals surface area contributed by atoms with Crippen molar-refractivity contribution in [3.05, 3.63) is 27.2 Å². The van der Waals surface area contributed by atoms with E-state index < -0.39 is 11.2 Å². The number of rotatable bonds is 5. The summed E-state index contributed by atoms with van der Waals surface area (Å²) in [4.78, 5) is 42.8. The van der Waals surface area contributed by atoms with Crippen LogP contribution in [0.25, 0.3) is 11.2 Å². The Kier molecular flexibility index (Phi) is 4.45. The van der Waals surface area contributed by atoms with Gasteiger partial charge in [0, 0.05) is 20.1 Å². The van der Waals surface area contributed by atoms with Gasteiger partial charge in [0.1, 0.15) is 6.54 Å². The van der Waals surface area contributed by atoms with Crippen molar-refractivity contribution in [2.75, 3.05) is 0 Å². The van der Waals surface area contributed by atoms with Crippen LogP contribution in [0.3, 0.4) is 0 Å². The molecule has 0 radical (unpaired) electrons. The van der Waals surface area contributed by atoms with E-state index >= 15 is 0 Å². The molecule has 6 rings (SSSR count). The summed E-state index contributed by atoms with van der Waals surface area (Å²) in [5.74, 6) is 2.18. The number of imidazole rings is 1. The van der Waals surface area contributed by atoms with Crippen LogP contribution < -0.4 is 16.6 Å². The standard InChI is InChI=1S/C22H31N5O3/c1-4-16(22-8-13-5-14(9-22)7-15(6-13)10-22)24-17(28)11-27-20(29)18-19(23-12-25(18)2)26(3)21(27)30/h12-16H,4-11H2,1-3H3,(H,24,28)/t13?,14?,15?,16-,22?/m0/s1. The molecule has 0 unspecified atom stereocenters. The maximum absolute atomic E-state index is 13.0. The van der Waals surface area contributed by atoms with E-state index in [1.54, 1.807) is 18.7 Å². The Morgan fingerprint density at radius 2 is 1.77 bits per heavy atom. The first-order valence-corrected chi connectivity index (χ1v) is 11.2. The molecule has 8 nitrogen and oxygen atoms in total. The highest BCUT2D eigenvalue weighted by molar-refractivity contribution is 5.77. The summed E-state index contributed by atoms with van der Waals surface area (Å²) < 4.78 is 3.96. The zero-order chi connectivity index (χ0) is 21.2. The normalized spacial score (nSPS) is 30.7. The smallest absolute Gasteiger partial charge is 0.332 e. The molecule has 0 aliphatic heterocycles. The van der Waals surface area contributed by atoms with Crippen LogP contribution in [-0.2, 0) is 25.4 Å². The Hall–Kier alpha value is -2.38. The first-order chi connectivity index (χ1) is 14.3. The number of carbonyl (C=O) groups is 1. The van der Waals surface area contributed by atoms with Crippen molar-refractivity contribution in [1.82, 2.24) is 24.0 Å². The van der Waals surface area contributed by atoms with Crippen LogP contribution in [-0.4, -0.2) is 30.6 Å². The third-order valence-corrected chi connectivity index (χ3v) is 8.07. The van der Waals surface area contributed by atoms with Gasteiger partial charge in [-0.1, -0.05) is 6.92 Å². The molecule has 1 N–H and O–H groups in total. The lowest BCUT2D eigenvalue weighted by Gasteiger charge is -2.59. The molecule has 4 aliphatic rings. The molecule has 0 spiro atoms. The van der Waals surface area contributed by atoms with Crippen LogP contribution in [0.2, 0.25) is 0 Å². The summed E-state index contributed by atoms with van der Waals surface area (Å²) in [6, 6.07) is 0.110. The van der Waals surface area contributed by atoms with E-state index in [1.807, 2.05) is 0 Å². The Bertz CT molecular complexity index is 1090.